The predicted molar refractivity (Wildman–Crippen MR) is 66.4 cm³/mol. The third kappa shape index (κ3) is 11.0. The molecule has 0 atom stereocenters. The van der Waals surface area contributed by atoms with Gasteiger partial charge in [0.05, 0.1) is 0 Å². The van der Waals surface area contributed by atoms with E-state index in [1.165, 1.54) is 0 Å². The van der Waals surface area contributed by atoms with Crippen LogP contribution in [-0.2, 0) is 0 Å². The van der Waals surface area contributed by atoms with E-state index in [4.69, 9.17) is 0 Å². The highest BCUT2D eigenvalue weighted by molar-refractivity contribution is 5.06. The molecular formula is C14H22. The van der Waals surface area contributed by atoms with Crippen LogP contribution in [0.2, 0.25) is 0 Å². The maximum Gasteiger partial charge on any atom is -0.0166 e. The predicted octanol–water partition coefficient (Wildman–Crippen LogP) is 4.81. The highest BCUT2D eigenvalue weighted by Gasteiger charge is 1.70. The number of hydrogen-bond acceptors (Lipinski definition) is 0. The maximum atomic E-state index is 2.20. The van der Waals surface area contributed by atoms with E-state index in [-0.39, 0.29) is 0 Å². The number of allylic oxidation sites excluding steroid dienone is 8. The first kappa shape index (κ1) is 13.0. The minimum Gasteiger partial charge on any atom is -0.0885 e. The average Bonchev–Trinajstić information content (AvgIpc) is 2.21. The molecule has 0 saturated heterocycles. The van der Waals surface area contributed by atoms with Crippen LogP contribution in [-0.4, -0.2) is 0 Å². The highest BCUT2D eigenvalue weighted by Crippen LogP contribution is 1.91. The fraction of sp³-hybridized carbons (Fsp3) is 0.429. The van der Waals surface area contributed by atoms with Gasteiger partial charge in [-0.15, -0.1) is 0 Å². The first-order chi connectivity index (χ1) is 6.91. The summed E-state index contributed by atoms with van der Waals surface area (Å²) in [5.74, 6) is 0. The Morgan fingerprint density at radius 2 is 1.00 bits per heavy atom. The highest BCUT2D eigenvalue weighted by atomic mass is 13.8. The van der Waals surface area contributed by atoms with E-state index < -0.39 is 0 Å². The summed E-state index contributed by atoms with van der Waals surface area (Å²) < 4.78 is 0. The molecule has 0 amide bonds. The van der Waals surface area contributed by atoms with Crippen molar-refractivity contribution < 1.29 is 0 Å². The molecule has 0 fully saturated rings. The first-order valence-corrected chi connectivity index (χ1v) is 5.53. The van der Waals surface area contributed by atoms with Crippen molar-refractivity contribution in [2.45, 2.75) is 39.5 Å². The van der Waals surface area contributed by atoms with Crippen molar-refractivity contribution in [1.82, 2.24) is 0 Å². The van der Waals surface area contributed by atoms with Gasteiger partial charge >= 0.3 is 0 Å². The van der Waals surface area contributed by atoms with Crippen molar-refractivity contribution in [1.29, 1.82) is 0 Å². The zero-order valence-corrected chi connectivity index (χ0v) is 9.45. The van der Waals surface area contributed by atoms with Crippen LogP contribution < -0.4 is 0 Å². The molecule has 0 aliphatic heterocycles. The minimum absolute atomic E-state index is 1.04. The van der Waals surface area contributed by atoms with E-state index >= 15 is 0 Å². The fourth-order valence-corrected chi connectivity index (χ4v) is 0.997. The van der Waals surface area contributed by atoms with Crippen molar-refractivity contribution in [2.75, 3.05) is 0 Å². The molecule has 0 unspecified atom stereocenters. The van der Waals surface area contributed by atoms with Crippen LogP contribution in [0.3, 0.4) is 0 Å². The second kappa shape index (κ2) is 12.0. The second-order valence-electron chi connectivity index (χ2n) is 3.09. The summed E-state index contributed by atoms with van der Waals surface area (Å²) in [6.45, 7) is 4.31. The fourth-order valence-electron chi connectivity index (χ4n) is 0.997. The monoisotopic (exact) mass is 190 g/mol. The van der Waals surface area contributed by atoms with E-state index in [2.05, 4.69) is 62.5 Å². The zero-order chi connectivity index (χ0) is 10.5. The summed E-state index contributed by atoms with van der Waals surface area (Å²) >= 11 is 0. The Balaban J connectivity index is 3.41. The summed E-state index contributed by atoms with van der Waals surface area (Å²) in [5, 5.41) is 0. The third-order valence-corrected chi connectivity index (χ3v) is 1.73. The van der Waals surface area contributed by atoms with E-state index in [0.717, 1.165) is 25.7 Å². The van der Waals surface area contributed by atoms with Crippen LogP contribution >= 0.6 is 0 Å². The lowest BCUT2D eigenvalue weighted by Crippen LogP contribution is -1.60. The van der Waals surface area contributed by atoms with Gasteiger partial charge in [-0.3, -0.25) is 0 Å². The standard InChI is InChI=1S/C14H22/c1-3-5-7-9-11-13-14-12-10-8-6-4-2/h5-8,11-14H,3-4,9-10H2,1-2H3. The lowest BCUT2D eigenvalue weighted by molar-refractivity contribution is 1.20. The Morgan fingerprint density at radius 3 is 1.36 bits per heavy atom. The van der Waals surface area contributed by atoms with Gasteiger partial charge in [-0.2, -0.15) is 0 Å². The van der Waals surface area contributed by atoms with Gasteiger partial charge in [0, 0.05) is 0 Å². The van der Waals surface area contributed by atoms with Gasteiger partial charge in [0.15, 0.2) is 0 Å². The third-order valence-electron chi connectivity index (χ3n) is 1.73. The molecule has 0 radical (unpaired) electrons. The largest absolute Gasteiger partial charge is 0.0885 e. The molecule has 0 rings (SSSR count). The Hall–Kier alpha value is -1.04. The van der Waals surface area contributed by atoms with Gasteiger partial charge in [0.1, 0.15) is 0 Å². The summed E-state index contributed by atoms with van der Waals surface area (Å²) in [5.41, 5.74) is 0. The number of hydrogen-bond donors (Lipinski definition) is 0. The van der Waals surface area contributed by atoms with Crippen molar-refractivity contribution in [2.24, 2.45) is 0 Å². The van der Waals surface area contributed by atoms with Gasteiger partial charge < -0.3 is 0 Å². The quantitative estimate of drug-likeness (QED) is 0.399. The summed E-state index contributed by atoms with van der Waals surface area (Å²) in [6.07, 6.45) is 21.7. The van der Waals surface area contributed by atoms with E-state index in [1.54, 1.807) is 0 Å². The van der Waals surface area contributed by atoms with Crippen molar-refractivity contribution >= 4 is 0 Å². The Morgan fingerprint density at radius 1 is 0.571 bits per heavy atom. The van der Waals surface area contributed by atoms with Crippen LogP contribution in [0.5, 0.6) is 0 Å². The molecule has 0 spiro atoms. The molecule has 0 saturated carbocycles. The Labute approximate surface area is 88.7 Å². The molecular weight excluding hydrogens is 168 g/mol. The normalized spacial score (nSPS) is 13.0. The molecule has 0 heteroatoms. The lowest BCUT2D eigenvalue weighted by Gasteiger charge is -1.81. The molecule has 78 valence electrons. The van der Waals surface area contributed by atoms with Crippen LogP contribution in [0.4, 0.5) is 0 Å². The molecule has 0 aromatic heterocycles. The summed E-state index contributed by atoms with van der Waals surface area (Å²) in [6, 6.07) is 0. The molecule has 14 heavy (non-hydrogen) atoms. The zero-order valence-electron chi connectivity index (χ0n) is 9.45. The van der Waals surface area contributed by atoms with Crippen LogP contribution in [0, 0.1) is 0 Å². The second-order valence-corrected chi connectivity index (χ2v) is 3.09. The molecule has 0 aliphatic rings. The summed E-state index contributed by atoms with van der Waals surface area (Å²) in [7, 11) is 0. The van der Waals surface area contributed by atoms with Gasteiger partial charge in [-0.25, -0.2) is 0 Å². The Kier molecular flexibility index (Phi) is 11.1. The minimum atomic E-state index is 1.04. The van der Waals surface area contributed by atoms with Gasteiger partial charge in [0.2, 0.25) is 0 Å². The van der Waals surface area contributed by atoms with Gasteiger partial charge in [-0.1, -0.05) is 62.5 Å². The molecule has 0 nitrogen and oxygen atoms in total. The smallest absolute Gasteiger partial charge is 0.0166 e. The van der Waals surface area contributed by atoms with Crippen molar-refractivity contribution in [3.8, 4) is 0 Å². The first-order valence-electron chi connectivity index (χ1n) is 5.53. The molecule has 0 aromatic carbocycles. The van der Waals surface area contributed by atoms with Gasteiger partial charge in [0.25, 0.3) is 0 Å². The molecule has 0 aromatic rings. The van der Waals surface area contributed by atoms with Gasteiger partial charge in [-0.05, 0) is 25.7 Å². The average molecular weight is 190 g/mol. The van der Waals surface area contributed by atoms with Crippen LogP contribution in [0.15, 0.2) is 48.6 Å². The van der Waals surface area contributed by atoms with Crippen molar-refractivity contribution in [3.63, 3.8) is 0 Å². The summed E-state index contributed by atoms with van der Waals surface area (Å²) in [4.78, 5) is 0. The Bertz CT molecular complexity index is 180. The maximum absolute atomic E-state index is 2.20. The molecule has 0 aliphatic carbocycles. The SMILES string of the molecule is CCC=CCC=CC=CCC=CCC. The topological polar surface area (TPSA) is 0 Å². The van der Waals surface area contributed by atoms with E-state index in [0.29, 0.717) is 0 Å². The van der Waals surface area contributed by atoms with E-state index in [1.807, 2.05) is 0 Å². The van der Waals surface area contributed by atoms with E-state index in [9.17, 15) is 0 Å². The molecule has 0 heterocycles. The molecule has 0 N–H and O–H groups in total. The van der Waals surface area contributed by atoms with Crippen LogP contribution in [0.25, 0.3) is 0 Å². The molecule has 0 bridgehead atoms. The lowest BCUT2D eigenvalue weighted by atomic mass is 10.3. The van der Waals surface area contributed by atoms with Crippen LogP contribution in [0.1, 0.15) is 39.5 Å². The van der Waals surface area contributed by atoms with Crippen molar-refractivity contribution in [3.05, 3.63) is 48.6 Å². The number of rotatable bonds is 7.